The summed E-state index contributed by atoms with van der Waals surface area (Å²) < 4.78 is 13.1. The van der Waals surface area contributed by atoms with Gasteiger partial charge in [-0.1, -0.05) is 69.2 Å². The van der Waals surface area contributed by atoms with E-state index in [1.807, 2.05) is 48.5 Å². The maximum atomic E-state index is 12.6. The molecule has 4 aromatic rings. The molecule has 1 N–H and O–H groups in total. The Kier molecular flexibility index (Phi) is 9.82. The lowest BCUT2D eigenvalue weighted by atomic mass is 10.0. The minimum atomic E-state index is -0.727. The van der Waals surface area contributed by atoms with Gasteiger partial charge in [-0.3, -0.25) is 4.79 Å². The van der Waals surface area contributed by atoms with Gasteiger partial charge in [0.25, 0.3) is 5.91 Å². The van der Waals surface area contributed by atoms with Crippen LogP contribution in [0.2, 0.25) is 0 Å². The molecule has 1 amide bonds. The van der Waals surface area contributed by atoms with Gasteiger partial charge >= 0.3 is 6.16 Å². The third-order valence-corrected chi connectivity index (χ3v) is 6.73. The molecule has 4 rings (SSSR count). The van der Waals surface area contributed by atoms with Crippen molar-refractivity contribution in [2.24, 2.45) is 0 Å². The van der Waals surface area contributed by atoms with E-state index in [2.05, 4.69) is 35.9 Å². The van der Waals surface area contributed by atoms with Crippen molar-refractivity contribution in [3.63, 3.8) is 0 Å². The van der Waals surface area contributed by atoms with Gasteiger partial charge in [-0.15, -0.1) is 0 Å². The predicted molar refractivity (Wildman–Crippen MR) is 163 cm³/mol. The zero-order valence-electron chi connectivity index (χ0n) is 24.8. The summed E-state index contributed by atoms with van der Waals surface area (Å²) in [5.41, 5.74) is 4.73. The Labute approximate surface area is 242 Å². The molecule has 0 bridgehead atoms. The molecular formula is C34H41N3O4. The predicted octanol–water partition coefficient (Wildman–Crippen LogP) is 7.94. The minimum absolute atomic E-state index is 0.0588. The third kappa shape index (κ3) is 7.97. The molecule has 0 atom stereocenters. The van der Waals surface area contributed by atoms with Gasteiger partial charge < -0.3 is 19.4 Å². The molecule has 0 radical (unpaired) electrons. The van der Waals surface area contributed by atoms with Gasteiger partial charge in [0.2, 0.25) is 0 Å². The van der Waals surface area contributed by atoms with Gasteiger partial charge in [-0.25, -0.2) is 9.78 Å². The summed E-state index contributed by atoms with van der Waals surface area (Å²) in [5.74, 6) is 1.41. The van der Waals surface area contributed by atoms with E-state index in [1.54, 1.807) is 26.8 Å². The summed E-state index contributed by atoms with van der Waals surface area (Å²) in [5, 5.41) is 2.99. The molecule has 1 heterocycles. The summed E-state index contributed by atoms with van der Waals surface area (Å²) >= 11 is 0. The zero-order chi connectivity index (χ0) is 29.4. The van der Waals surface area contributed by atoms with Crippen molar-refractivity contribution >= 4 is 23.1 Å². The first-order valence-electron chi connectivity index (χ1n) is 14.5. The number of rotatable bonds is 11. The van der Waals surface area contributed by atoms with E-state index in [9.17, 15) is 9.59 Å². The van der Waals surface area contributed by atoms with E-state index in [-0.39, 0.29) is 5.91 Å². The van der Waals surface area contributed by atoms with E-state index < -0.39 is 11.8 Å². The van der Waals surface area contributed by atoms with Crippen molar-refractivity contribution in [1.29, 1.82) is 0 Å². The Bertz CT molecular complexity index is 1480. The van der Waals surface area contributed by atoms with Crippen molar-refractivity contribution in [2.45, 2.75) is 78.9 Å². The largest absolute Gasteiger partial charge is 0.514 e. The second-order valence-electron chi connectivity index (χ2n) is 11.3. The van der Waals surface area contributed by atoms with E-state index in [0.29, 0.717) is 24.4 Å². The van der Waals surface area contributed by atoms with Crippen molar-refractivity contribution in [2.75, 3.05) is 6.54 Å². The molecule has 7 nitrogen and oxygen atoms in total. The highest BCUT2D eigenvalue weighted by Gasteiger charge is 2.20. The molecular weight excluding hydrogens is 514 g/mol. The molecule has 0 spiro atoms. The molecule has 41 heavy (non-hydrogen) atoms. The molecule has 0 aliphatic rings. The number of aryl methyl sites for hydroxylation is 1. The second kappa shape index (κ2) is 13.5. The number of imidazole rings is 1. The number of fused-ring (bicyclic) bond motifs is 1. The van der Waals surface area contributed by atoms with Gasteiger partial charge in [-0.2, -0.15) is 0 Å². The Morgan fingerprint density at radius 2 is 1.66 bits per heavy atom. The van der Waals surface area contributed by atoms with Crippen molar-refractivity contribution in [1.82, 2.24) is 14.9 Å². The monoisotopic (exact) mass is 555 g/mol. The number of nitrogens with zero attached hydrogens (tertiary/aromatic N) is 2. The van der Waals surface area contributed by atoms with Crippen LogP contribution in [0.25, 0.3) is 22.2 Å². The van der Waals surface area contributed by atoms with Crippen LogP contribution in [0.5, 0.6) is 5.75 Å². The van der Waals surface area contributed by atoms with Crippen LogP contribution >= 0.6 is 0 Å². The number of carbonyl (C=O) groups is 2. The SMILES string of the molecule is CCCCNC(=O)c1ccc2c(c1)nc(CCCC)n2Cc1ccc(-c2ccccc2OC(=O)OC(C)(C)C)cc1. The van der Waals surface area contributed by atoms with E-state index in [1.165, 1.54) is 0 Å². The molecule has 0 fully saturated rings. The van der Waals surface area contributed by atoms with Crippen LogP contribution in [0.15, 0.2) is 66.7 Å². The molecule has 0 saturated heterocycles. The van der Waals surface area contributed by atoms with Gasteiger partial charge in [-0.05, 0) is 69.0 Å². The van der Waals surface area contributed by atoms with Gasteiger partial charge in [0, 0.05) is 30.6 Å². The van der Waals surface area contributed by atoms with Crippen LogP contribution in [0.4, 0.5) is 4.79 Å². The number of benzene rings is 3. The maximum Gasteiger partial charge on any atom is 0.514 e. The lowest BCUT2D eigenvalue weighted by Gasteiger charge is -2.19. The van der Waals surface area contributed by atoms with Gasteiger partial charge in [0.1, 0.15) is 17.2 Å². The Morgan fingerprint density at radius 3 is 2.37 bits per heavy atom. The van der Waals surface area contributed by atoms with Gasteiger partial charge in [0.15, 0.2) is 0 Å². The molecule has 0 aliphatic carbocycles. The third-order valence-electron chi connectivity index (χ3n) is 6.73. The quantitative estimate of drug-likeness (QED) is 0.115. The van der Waals surface area contributed by atoms with Crippen molar-refractivity contribution < 1.29 is 19.1 Å². The second-order valence-corrected chi connectivity index (χ2v) is 11.3. The summed E-state index contributed by atoms with van der Waals surface area (Å²) in [6.07, 6.45) is 4.27. The van der Waals surface area contributed by atoms with E-state index in [4.69, 9.17) is 14.5 Å². The molecule has 7 heteroatoms. The van der Waals surface area contributed by atoms with E-state index in [0.717, 1.165) is 65.7 Å². The molecule has 3 aromatic carbocycles. The lowest BCUT2D eigenvalue weighted by molar-refractivity contribution is 0.0207. The fraction of sp³-hybridized carbons (Fsp3) is 0.382. The Balaban J connectivity index is 1.57. The van der Waals surface area contributed by atoms with Crippen LogP contribution in [-0.4, -0.2) is 33.8 Å². The summed E-state index contributed by atoms with van der Waals surface area (Å²) in [7, 11) is 0. The zero-order valence-corrected chi connectivity index (χ0v) is 24.8. The summed E-state index contributed by atoms with van der Waals surface area (Å²) in [4.78, 5) is 29.9. The number of aromatic nitrogens is 2. The average molecular weight is 556 g/mol. The van der Waals surface area contributed by atoms with E-state index >= 15 is 0 Å². The number of hydrogen-bond acceptors (Lipinski definition) is 5. The Hall–Kier alpha value is -4.13. The molecule has 0 saturated carbocycles. The molecule has 0 unspecified atom stereocenters. The molecule has 0 aliphatic heterocycles. The van der Waals surface area contributed by atoms with Crippen LogP contribution in [-0.2, 0) is 17.7 Å². The first-order valence-corrected chi connectivity index (χ1v) is 14.5. The number of nitrogens with one attached hydrogen (secondary N) is 1. The highest BCUT2D eigenvalue weighted by atomic mass is 16.7. The lowest BCUT2D eigenvalue weighted by Crippen LogP contribution is -2.26. The van der Waals surface area contributed by atoms with Crippen LogP contribution in [0.1, 0.15) is 82.0 Å². The number of unbranched alkanes of at least 4 members (excludes halogenated alkanes) is 2. The van der Waals surface area contributed by atoms with Gasteiger partial charge in [0.05, 0.1) is 11.0 Å². The molecule has 1 aromatic heterocycles. The number of para-hydroxylation sites is 1. The topological polar surface area (TPSA) is 82.5 Å². The number of carbonyl (C=O) groups excluding carboxylic acids is 2. The Morgan fingerprint density at radius 1 is 0.927 bits per heavy atom. The van der Waals surface area contributed by atoms with Crippen LogP contribution in [0.3, 0.4) is 0 Å². The highest BCUT2D eigenvalue weighted by molar-refractivity contribution is 5.97. The van der Waals surface area contributed by atoms with Crippen molar-refractivity contribution in [3.05, 3.63) is 83.7 Å². The van der Waals surface area contributed by atoms with Crippen LogP contribution in [0, 0.1) is 0 Å². The number of ether oxygens (including phenoxy) is 2. The normalized spacial score (nSPS) is 11.4. The fourth-order valence-electron chi connectivity index (χ4n) is 4.63. The summed E-state index contributed by atoms with van der Waals surface area (Å²) in [6, 6.07) is 21.5. The van der Waals surface area contributed by atoms with Crippen LogP contribution < -0.4 is 10.1 Å². The summed E-state index contributed by atoms with van der Waals surface area (Å²) in [6.45, 7) is 11.0. The number of hydrogen-bond donors (Lipinski definition) is 1. The standard InChI is InChI=1S/C34H41N3O4/c1-6-8-14-31-36-28-22-26(32(38)35-21-9-7-2)19-20-29(28)37(31)23-24-15-17-25(18-16-24)27-12-10-11-13-30(27)40-33(39)41-34(3,4)5/h10-13,15-20,22H,6-9,14,21,23H2,1-5H3,(H,35,38). The minimum Gasteiger partial charge on any atom is -0.428 e. The first-order chi connectivity index (χ1) is 19.7. The highest BCUT2D eigenvalue weighted by Crippen LogP contribution is 2.31. The van der Waals surface area contributed by atoms with Crippen molar-refractivity contribution in [3.8, 4) is 16.9 Å². The maximum absolute atomic E-state index is 12.6. The fourth-order valence-corrected chi connectivity index (χ4v) is 4.63. The average Bonchev–Trinajstić information content (AvgIpc) is 3.28. The first kappa shape index (κ1) is 29.8. The molecule has 216 valence electrons. The smallest absolute Gasteiger partial charge is 0.428 e. The number of amides is 1.